The molecule has 0 spiro atoms. The zero-order valence-electron chi connectivity index (χ0n) is 10.9. The third-order valence-electron chi connectivity index (χ3n) is 3.54. The van der Waals surface area contributed by atoms with Crippen LogP contribution in [0.15, 0.2) is 12.3 Å². The minimum absolute atomic E-state index is 0.152. The summed E-state index contributed by atoms with van der Waals surface area (Å²) in [7, 11) is 0. The van der Waals surface area contributed by atoms with Crippen LogP contribution in [0.2, 0.25) is 5.15 Å². The second kappa shape index (κ2) is 4.49. The number of nitrogens with zero attached hydrogens (tertiary/aromatic N) is 3. The normalized spacial score (nSPS) is 16.6. The number of rotatable bonds is 3. The Morgan fingerprint density at radius 2 is 2.32 bits per heavy atom. The number of carbonyl (C=O) groups is 1. The molecule has 0 saturated heterocycles. The van der Waals surface area contributed by atoms with Crippen LogP contribution < -0.4 is 5.32 Å². The SMILES string of the molecule is Cc1cc(Cl)nn2c(C(=O)N[C@@H](C)C3CC3)cnc12. The van der Waals surface area contributed by atoms with E-state index in [2.05, 4.69) is 15.4 Å². The first-order valence-electron chi connectivity index (χ1n) is 6.38. The predicted molar refractivity (Wildman–Crippen MR) is 72.4 cm³/mol. The molecule has 1 saturated carbocycles. The van der Waals surface area contributed by atoms with E-state index in [4.69, 9.17) is 11.6 Å². The van der Waals surface area contributed by atoms with Gasteiger partial charge in [0.05, 0.1) is 6.20 Å². The Balaban J connectivity index is 1.93. The quantitative estimate of drug-likeness (QED) is 0.936. The lowest BCUT2D eigenvalue weighted by Crippen LogP contribution is -2.34. The van der Waals surface area contributed by atoms with Crippen molar-refractivity contribution in [1.29, 1.82) is 0 Å². The van der Waals surface area contributed by atoms with Crippen molar-refractivity contribution in [1.82, 2.24) is 19.9 Å². The van der Waals surface area contributed by atoms with Gasteiger partial charge in [0.15, 0.2) is 11.3 Å². The topological polar surface area (TPSA) is 59.3 Å². The molecule has 2 aromatic heterocycles. The third kappa shape index (κ3) is 2.30. The van der Waals surface area contributed by atoms with Gasteiger partial charge in [-0.1, -0.05) is 11.6 Å². The number of carbonyl (C=O) groups excluding carboxylic acids is 1. The number of hydrogen-bond donors (Lipinski definition) is 1. The molecule has 1 N–H and O–H groups in total. The van der Waals surface area contributed by atoms with Gasteiger partial charge in [0, 0.05) is 6.04 Å². The molecular weight excluding hydrogens is 264 g/mol. The van der Waals surface area contributed by atoms with E-state index in [1.54, 1.807) is 12.3 Å². The number of imidazole rings is 1. The van der Waals surface area contributed by atoms with E-state index < -0.39 is 0 Å². The molecule has 1 atom stereocenters. The minimum Gasteiger partial charge on any atom is -0.348 e. The molecule has 5 nitrogen and oxygen atoms in total. The average Bonchev–Trinajstić information content (AvgIpc) is 3.09. The van der Waals surface area contributed by atoms with Crippen LogP contribution in [0.25, 0.3) is 5.65 Å². The lowest BCUT2D eigenvalue weighted by Gasteiger charge is -2.12. The van der Waals surface area contributed by atoms with Crippen LogP contribution in [0.3, 0.4) is 0 Å². The highest BCUT2D eigenvalue weighted by molar-refractivity contribution is 6.29. The Bertz CT molecular complexity index is 647. The van der Waals surface area contributed by atoms with Gasteiger partial charge in [-0.15, -0.1) is 0 Å². The fraction of sp³-hybridized carbons (Fsp3) is 0.462. The molecule has 19 heavy (non-hydrogen) atoms. The van der Waals surface area contributed by atoms with Gasteiger partial charge in [0.2, 0.25) is 0 Å². The van der Waals surface area contributed by atoms with Crippen LogP contribution in [-0.4, -0.2) is 26.5 Å². The molecule has 0 aliphatic heterocycles. The van der Waals surface area contributed by atoms with E-state index in [9.17, 15) is 4.79 Å². The highest BCUT2D eigenvalue weighted by atomic mass is 35.5. The van der Waals surface area contributed by atoms with E-state index in [1.165, 1.54) is 17.4 Å². The van der Waals surface area contributed by atoms with Gasteiger partial charge in [-0.05, 0) is 44.2 Å². The maximum Gasteiger partial charge on any atom is 0.271 e. The van der Waals surface area contributed by atoms with Crippen molar-refractivity contribution in [3.8, 4) is 0 Å². The van der Waals surface area contributed by atoms with Gasteiger partial charge in [0.25, 0.3) is 5.91 Å². The fourth-order valence-corrected chi connectivity index (χ4v) is 2.47. The molecular formula is C13H15ClN4O. The van der Waals surface area contributed by atoms with Crippen molar-refractivity contribution in [2.75, 3.05) is 0 Å². The first-order valence-corrected chi connectivity index (χ1v) is 6.76. The average molecular weight is 279 g/mol. The van der Waals surface area contributed by atoms with Gasteiger partial charge < -0.3 is 5.32 Å². The summed E-state index contributed by atoms with van der Waals surface area (Å²) in [6.45, 7) is 3.93. The minimum atomic E-state index is -0.152. The number of halogens is 1. The summed E-state index contributed by atoms with van der Waals surface area (Å²) < 4.78 is 1.51. The van der Waals surface area contributed by atoms with Gasteiger partial charge in [-0.3, -0.25) is 4.79 Å². The summed E-state index contributed by atoms with van der Waals surface area (Å²) in [6.07, 6.45) is 3.93. The number of nitrogens with one attached hydrogen (secondary N) is 1. The zero-order valence-corrected chi connectivity index (χ0v) is 11.6. The lowest BCUT2D eigenvalue weighted by atomic mass is 10.2. The molecule has 0 bridgehead atoms. The second-order valence-corrected chi connectivity index (χ2v) is 5.52. The zero-order chi connectivity index (χ0) is 13.6. The molecule has 1 fully saturated rings. The Labute approximate surface area is 116 Å². The number of fused-ring (bicyclic) bond motifs is 1. The molecule has 0 aromatic carbocycles. The summed E-state index contributed by atoms with van der Waals surface area (Å²) >= 11 is 5.93. The maximum absolute atomic E-state index is 12.2. The Morgan fingerprint density at radius 3 is 3.00 bits per heavy atom. The molecule has 100 valence electrons. The van der Waals surface area contributed by atoms with Crippen molar-refractivity contribution in [3.63, 3.8) is 0 Å². The highest BCUT2D eigenvalue weighted by Gasteiger charge is 2.29. The van der Waals surface area contributed by atoms with E-state index >= 15 is 0 Å². The standard InChI is InChI=1S/C13H15ClN4O/c1-7-5-11(14)17-18-10(6-15-12(7)18)13(19)16-8(2)9-3-4-9/h5-6,8-9H,3-4H2,1-2H3,(H,16,19)/t8-/m0/s1. The molecule has 0 radical (unpaired) electrons. The first-order chi connectivity index (χ1) is 9.06. The summed E-state index contributed by atoms with van der Waals surface area (Å²) in [5.74, 6) is 0.461. The number of aromatic nitrogens is 3. The molecule has 1 aliphatic carbocycles. The first kappa shape index (κ1) is 12.4. The van der Waals surface area contributed by atoms with Crippen LogP contribution >= 0.6 is 11.6 Å². The monoisotopic (exact) mass is 278 g/mol. The molecule has 2 aromatic rings. The molecule has 1 aliphatic rings. The van der Waals surface area contributed by atoms with Crippen LogP contribution in [0, 0.1) is 12.8 Å². The Morgan fingerprint density at radius 1 is 1.58 bits per heavy atom. The summed E-state index contributed by atoms with van der Waals surface area (Å²) in [5.41, 5.74) is 1.98. The molecule has 3 rings (SSSR count). The number of amides is 1. The lowest BCUT2D eigenvalue weighted by molar-refractivity contribution is 0.0928. The van der Waals surface area contributed by atoms with Crippen LogP contribution in [0.1, 0.15) is 35.8 Å². The fourth-order valence-electron chi connectivity index (χ4n) is 2.23. The van der Waals surface area contributed by atoms with E-state index in [0.717, 1.165) is 5.56 Å². The van der Waals surface area contributed by atoms with Crippen LogP contribution in [-0.2, 0) is 0 Å². The number of hydrogen-bond acceptors (Lipinski definition) is 3. The molecule has 1 amide bonds. The van der Waals surface area contributed by atoms with Gasteiger partial charge in [-0.2, -0.15) is 5.10 Å². The predicted octanol–water partition coefficient (Wildman–Crippen LogP) is 2.22. The van der Waals surface area contributed by atoms with Crippen molar-refractivity contribution in [2.45, 2.75) is 32.7 Å². The number of aryl methyl sites for hydroxylation is 1. The van der Waals surface area contributed by atoms with E-state index in [-0.39, 0.29) is 11.9 Å². The van der Waals surface area contributed by atoms with Gasteiger partial charge in [0.1, 0.15) is 5.15 Å². The van der Waals surface area contributed by atoms with Crippen molar-refractivity contribution < 1.29 is 4.79 Å². The van der Waals surface area contributed by atoms with Crippen molar-refractivity contribution in [3.05, 3.63) is 28.7 Å². The van der Waals surface area contributed by atoms with Gasteiger partial charge in [-0.25, -0.2) is 9.50 Å². The highest BCUT2D eigenvalue weighted by Crippen LogP contribution is 2.32. The summed E-state index contributed by atoms with van der Waals surface area (Å²) in [5, 5.41) is 7.49. The summed E-state index contributed by atoms with van der Waals surface area (Å²) in [4.78, 5) is 16.5. The Kier molecular flexibility index (Phi) is 2.93. The molecule has 2 heterocycles. The van der Waals surface area contributed by atoms with Crippen molar-refractivity contribution in [2.24, 2.45) is 5.92 Å². The summed E-state index contributed by atoms with van der Waals surface area (Å²) in [6, 6.07) is 1.93. The third-order valence-corrected chi connectivity index (χ3v) is 3.73. The Hall–Kier alpha value is -1.62. The van der Waals surface area contributed by atoms with E-state index in [1.807, 2.05) is 13.8 Å². The second-order valence-electron chi connectivity index (χ2n) is 5.13. The maximum atomic E-state index is 12.2. The van der Waals surface area contributed by atoms with Gasteiger partial charge >= 0.3 is 0 Å². The molecule has 6 heteroatoms. The largest absolute Gasteiger partial charge is 0.348 e. The smallest absolute Gasteiger partial charge is 0.271 e. The van der Waals surface area contributed by atoms with E-state index in [0.29, 0.717) is 22.4 Å². The molecule has 0 unspecified atom stereocenters. The van der Waals surface area contributed by atoms with Crippen LogP contribution in [0.4, 0.5) is 0 Å². The van der Waals surface area contributed by atoms with Crippen molar-refractivity contribution >= 4 is 23.2 Å². The van der Waals surface area contributed by atoms with Crippen LogP contribution in [0.5, 0.6) is 0 Å².